The highest BCUT2D eigenvalue weighted by molar-refractivity contribution is 7.80. The van der Waals surface area contributed by atoms with E-state index in [4.69, 9.17) is 0 Å². The molecule has 1 aliphatic carbocycles. The lowest BCUT2D eigenvalue weighted by Crippen LogP contribution is -2.15. The Balaban J connectivity index is 1.23. The van der Waals surface area contributed by atoms with E-state index in [1.165, 1.54) is 0 Å². The maximum absolute atomic E-state index is 12.9. The molecule has 4 aromatic rings. The van der Waals surface area contributed by atoms with Gasteiger partial charge in [-0.1, -0.05) is 30.3 Å². The molecule has 0 aliphatic heterocycles. The highest BCUT2D eigenvalue weighted by atomic mass is 32.1. The average Bonchev–Trinajstić information content (AvgIpc) is 3.45. The fourth-order valence-electron chi connectivity index (χ4n) is 3.65. The topological polar surface area (TPSA) is 83.9 Å². The van der Waals surface area contributed by atoms with E-state index in [1.807, 2.05) is 60.7 Å². The minimum Gasteiger partial charge on any atom is -0.380 e. The van der Waals surface area contributed by atoms with Gasteiger partial charge in [-0.3, -0.25) is 9.36 Å². The predicted octanol–water partition coefficient (Wildman–Crippen LogP) is 4.76. The van der Waals surface area contributed by atoms with Crippen LogP contribution >= 0.6 is 25.3 Å². The molecule has 0 bridgehead atoms. The number of aromatic nitrogens is 3. The Bertz CT molecular complexity index is 1270. The molecule has 0 spiro atoms. The smallest absolute Gasteiger partial charge is 0.255 e. The van der Waals surface area contributed by atoms with Gasteiger partial charge in [-0.2, -0.15) is 0 Å². The summed E-state index contributed by atoms with van der Waals surface area (Å²) < 4.78 is 1.68. The molecule has 3 N–H and O–H groups in total. The van der Waals surface area contributed by atoms with Crippen molar-refractivity contribution in [3.63, 3.8) is 0 Å². The van der Waals surface area contributed by atoms with Gasteiger partial charge >= 0.3 is 0 Å². The molecule has 1 aromatic heterocycles. The van der Waals surface area contributed by atoms with E-state index in [0.717, 1.165) is 23.5 Å². The number of anilines is 3. The molecule has 2 unspecified atom stereocenters. The molecule has 9 heteroatoms. The van der Waals surface area contributed by atoms with Gasteiger partial charge in [0.25, 0.3) is 5.91 Å². The Kier molecular flexibility index (Phi) is 5.97. The van der Waals surface area contributed by atoms with Gasteiger partial charge in [0.05, 0.1) is 5.69 Å². The van der Waals surface area contributed by atoms with E-state index >= 15 is 0 Å². The van der Waals surface area contributed by atoms with Crippen molar-refractivity contribution in [2.75, 3.05) is 16.0 Å². The van der Waals surface area contributed by atoms with Crippen molar-refractivity contribution in [1.29, 1.82) is 0 Å². The lowest BCUT2D eigenvalue weighted by molar-refractivity contribution is 0.102. The highest BCUT2D eigenvalue weighted by Crippen LogP contribution is 2.30. The highest BCUT2D eigenvalue weighted by Gasteiger charge is 2.37. The zero-order valence-corrected chi connectivity index (χ0v) is 19.3. The van der Waals surface area contributed by atoms with Crippen LogP contribution in [0.15, 0.2) is 89.2 Å². The summed E-state index contributed by atoms with van der Waals surface area (Å²) in [5.41, 5.74) is 4.02. The Morgan fingerprint density at radius 1 is 0.788 bits per heavy atom. The molecule has 1 aliphatic rings. The van der Waals surface area contributed by atoms with Gasteiger partial charge in [0.1, 0.15) is 0 Å². The van der Waals surface area contributed by atoms with Crippen molar-refractivity contribution in [2.45, 2.75) is 28.8 Å². The molecule has 0 radical (unpaired) electrons. The van der Waals surface area contributed by atoms with Gasteiger partial charge in [0, 0.05) is 34.7 Å². The summed E-state index contributed by atoms with van der Waals surface area (Å²) in [6, 6.07) is 25.8. The zero-order valence-electron chi connectivity index (χ0n) is 17.5. The first-order valence-electron chi connectivity index (χ1n) is 10.5. The monoisotopic (exact) mass is 474 g/mol. The minimum absolute atomic E-state index is 0.188. The molecular weight excluding hydrogens is 452 g/mol. The third-order valence-electron chi connectivity index (χ3n) is 5.38. The number of rotatable bonds is 7. The number of hydrogen-bond acceptors (Lipinski definition) is 7. The summed E-state index contributed by atoms with van der Waals surface area (Å²) in [6.45, 7) is 0. The van der Waals surface area contributed by atoms with Gasteiger partial charge in [0.2, 0.25) is 0 Å². The molecule has 0 saturated heterocycles. The van der Waals surface area contributed by atoms with Gasteiger partial charge in [-0.15, -0.1) is 35.5 Å². The van der Waals surface area contributed by atoms with Crippen molar-refractivity contribution in [3.8, 4) is 5.69 Å². The van der Waals surface area contributed by atoms with Crippen LogP contribution in [0, 0.1) is 0 Å². The molecule has 1 saturated carbocycles. The van der Waals surface area contributed by atoms with Crippen molar-refractivity contribution in [2.24, 2.45) is 0 Å². The third-order valence-corrected chi connectivity index (χ3v) is 5.96. The second kappa shape index (κ2) is 9.21. The summed E-state index contributed by atoms with van der Waals surface area (Å²) in [7, 11) is 0. The molecule has 5 rings (SSSR count). The first-order valence-corrected chi connectivity index (χ1v) is 11.4. The second-order valence-corrected chi connectivity index (χ2v) is 8.62. The Labute approximate surface area is 202 Å². The fourth-order valence-corrected chi connectivity index (χ4v) is 4.24. The van der Waals surface area contributed by atoms with Crippen LogP contribution in [0.1, 0.15) is 16.8 Å². The van der Waals surface area contributed by atoms with E-state index in [2.05, 4.69) is 63.5 Å². The standard InChI is InChI=1S/C24H22N6OS2/c31-22(27-18-10-5-11-19(13-18)30-23(32)28-29-24(30)33)15-6-4-9-17(12-15)26-21-14-20(21)25-16-7-2-1-3-8-16/h1-13,20-21,25-26H,14H2,(H,27,31)(H,28,32)(H,29,33). The molecule has 1 heterocycles. The molecule has 166 valence electrons. The number of thiol groups is 2. The number of para-hydroxylation sites is 1. The van der Waals surface area contributed by atoms with E-state index < -0.39 is 0 Å². The van der Waals surface area contributed by atoms with E-state index in [1.54, 1.807) is 10.6 Å². The maximum atomic E-state index is 12.9. The number of amides is 1. The lowest BCUT2D eigenvalue weighted by atomic mass is 10.1. The molecule has 7 nitrogen and oxygen atoms in total. The normalized spacial score (nSPS) is 16.8. The summed E-state index contributed by atoms with van der Waals surface area (Å²) in [4.78, 5) is 12.9. The number of benzene rings is 3. The van der Waals surface area contributed by atoms with Crippen LogP contribution < -0.4 is 16.0 Å². The van der Waals surface area contributed by atoms with Crippen LogP contribution in [0.2, 0.25) is 0 Å². The first kappa shape index (κ1) is 21.4. The number of carbonyl (C=O) groups excluding carboxylic acids is 1. The Morgan fingerprint density at radius 3 is 2.18 bits per heavy atom. The largest absolute Gasteiger partial charge is 0.380 e. The van der Waals surface area contributed by atoms with E-state index in [0.29, 0.717) is 33.6 Å². The van der Waals surface area contributed by atoms with Crippen LogP contribution in [-0.2, 0) is 0 Å². The maximum Gasteiger partial charge on any atom is 0.255 e. The first-order chi connectivity index (χ1) is 16.1. The number of nitrogens with one attached hydrogen (secondary N) is 3. The van der Waals surface area contributed by atoms with Crippen molar-refractivity contribution < 1.29 is 4.79 Å². The summed E-state index contributed by atoms with van der Waals surface area (Å²) in [6.07, 6.45) is 1.03. The zero-order chi connectivity index (χ0) is 22.8. The van der Waals surface area contributed by atoms with Crippen LogP contribution in [0.4, 0.5) is 17.1 Å². The van der Waals surface area contributed by atoms with Gasteiger partial charge in [-0.25, -0.2) is 0 Å². The van der Waals surface area contributed by atoms with Gasteiger partial charge in [0.15, 0.2) is 10.3 Å². The predicted molar refractivity (Wildman–Crippen MR) is 136 cm³/mol. The minimum atomic E-state index is -0.188. The molecule has 2 atom stereocenters. The second-order valence-electron chi connectivity index (χ2n) is 7.82. The van der Waals surface area contributed by atoms with Gasteiger partial charge < -0.3 is 16.0 Å². The van der Waals surface area contributed by atoms with Gasteiger partial charge in [-0.05, 0) is 55.0 Å². The molecule has 1 fully saturated rings. The Morgan fingerprint density at radius 2 is 1.42 bits per heavy atom. The van der Waals surface area contributed by atoms with Crippen LogP contribution in [0.5, 0.6) is 0 Å². The van der Waals surface area contributed by atoms with Crippen LogP contribution in [-0.4, -0.2) is 32.8 Å². The van der Waals surface area contributed by atoms with Crippen LogP contribution in [0.25, 0.3) is 5.69 Å². The Hall–Kier alpha value is -3.43. The molecule has 33 heavy (non-hydrogen) atoms. The number of carbonyl (C=O) groups is 1. The number of hydrogen-bond donors (Lipinski definition) is 5. The van der Waals surface area contributed by atoms with Crippen molar-refractivity contribution in [3.05, 3.63) is 84.4 Å². The lowest BCUT2D eigenvalue weighted by Gasteiger charge is -2.11. The van der Waals surface area contributed by atoms with E-state index in [-0.39, 0.29) is 5.91 Å². The van der Waals surface area contributed by atoms with E-state index in [9.17, 15) is 4.79 Å². The van der Waals surface area contributed by atoms with Crippen molar-refractivity contribution in [1.82, 2.24) is 14.8 Å². The van der Waals surface area contributed by atoms with Crippen LogP contribution in [0.3, 0.4) is 0 Å². The number of nitrogens with zero attached hydrogens (tertiary/aromatic N) is 3. The summed E-state index contributed by atoms with van der Waals surface area (Å²) >= 11 is 8.62. The summed E-state index contributed by atoms with van der Waals surface area (Å²) in [5, 5.41) is 18.6. The SMILES string of the molecule is O=C(Nc1cccc(-n2c(S)nnc2S)c1)c1cccc(NC2CC2Nc2ccccc2)c1. The molecular formula is C24H22N6OS2. The third kappa shape index (κ3) is 4.99. The molecule has 3 aromatic carbocycles. The average molecular weight is 475 g/mol. The summed E-state index contributed by atoms with van der Waals surface area (Å²) in [5.74, 6) is -0.188. The quantitative estimate of drug-likeness (QED) is 0.250. The van der Waals surface area contributed by atoms with Crippen molar-refractivity contribution >= 4 is 48.2 Å². The molecule has 1 amide bonds. The fraction of sp³-hybridized carbons (Fsp3) is 0.125.